The number of aromatic nitrogens is 3. The van der Waals surface area contributed by atoms with E-state index in [1.807, 2.05) is 13.0 Å². The second-order valence-electron chi connectivity index (χ2n) is 11.1. The molecule has 1 atom stereocenters. The van der Waals surface area contributed by atoms with E-state index in [9.17, 15) is 4.79 Å². The van der Waals surface area contributed by atoms with Gasteiger partial charge in [0, 0.05) is 47.2 Å². The summed E-state index contributed by atoms with van der Waals surface area (Å²) in [6.45, 7) is 6.64. The van der Waals surface area contributed by atoms with Gasteiger partial charge in [-0.15, -0.1) is 0 Å². The average molecular weight is 580 g/mol. The van der Waals surface area contributed by atoms with Crippen LogP contribution < -0.4 is 16.4 Å². The zero-order valence-corrected chi connectivity index (χ0v) is 24.4. The standard InChI is InChI=1S/C33H34ClN7O/c1-21-6-11-24(34)17-27(21)31-28(32(35)42)18-29(38-31)30-23(19-37-33(36)39-30)10-7-22-8-12-25(13-9-22)41-16-4-5-26(41)20-40-14-2-3-15-40/h6,8-9,11-13,17-19,26,38H,2-5,14-16,20H2,1H3,(H2,35,42)(H2,36,37,39)/t26-/m0/s1. The van der Waals surface area contributed by atoms with E-state index in [-0.39, 0.29) is 5.95 Å². The first-order valence-corrected chi connectivity index (χ1v) is 14.8. The molecular formula is C33H34ClN7O. The first-order chi connectivity index (χ1) is 20.4. The Hall–Kier alpha value is -4.32. The number of benzene rings is 2. The van der Waals surface area contributed by atoms with Gasteiger partial charge in [-0.3, -0.25) is 4.79 Å². The van der Waals surface area contributed by atoms with Crippen molar-refractivity contribution in [2.75, 3.05) is 36.8 Å². The average Bonchev–Trinajstić information content (AvgIpc) is 3.76. The van der Waals surface area contributed by atoms with Crippen LogP contribution in [0.25, 0.3) is 22.6 Å². The molecule has 0 spiro atoms. The third-order valence-electron chi connectivity index (χ3n) is 8.20. The summed E-state index contributed by atoms with van der Waals surface area (Å²) in [5.74, 6) is 6.00. The Bertz CT molecular complexity index is 1680. The number of hydrogen-bond acceptors (Lipinski definition) is 6. The molecule has 2 aliphatic heterocycles. The molecule has 0 unspecified atom stereocenters. The highest BCUT2D eigenvalue weighted by Crippen LogP contribution is 2.33. The summed E-state index contributed by atoms with van der Waals surface area (Å²) in [5.41, 5.74) is 18.1. The van der Waals surface area contributed by atoms with Crippen molar-refractivity contribution in [3.05, 3.63) is 82.0 Å². The highest BCUT2D eigenvalue weighted by molar-refractivity contribution is 6.31. The molecular weight excluding hydrogens is 546 g/mol. The number of hydrogen-bond donors (Lipinski definition) is 3. The maximum absolute atomic E-state index is 12.4. The second kappa shape index (κ2) is 11.9. The van der Waals surface area contributed by atoms with E-state index < -0.39 is 5.91 Å². The molecule has 2 aromatic heterocycles. The molecule has 2 aliphatic rings. The number of carbonyl (C=O) groups is 1. The lowest BCUT2D eigenvalue weighted by Gasteiger charge is -2.30. The summed E-state index contributed by atoms with van der Waals surface area (Å²) in [6.07, 6.45) is 6.71. The first-order valence-electron chi connectivity index (χ1n) is 14.4. The Morgan fingerprint density at radius 3 is 2.62 bits per heavy atom. The second-order valence-corrected chi connectivity index (χ2v) is 11.5. The normalized spacial score (nSPS) is 16.9. The number of carbonyl (C=O) groups excluding carboxylic acids is 1. The van der Waals surface area contributed by atoms with Crippen molar-refractivity contribution in [1.29, 1.82) is 0 Å². The van der Waals surface area contributed by atoms with Gasteiger partial charge in [0.15, 0.2) is 0 Å². The fourth-order valence-corrected chi connectivity index (χ4v) is 6.22. The van der Waals surface area contributed by atoms with Crippen LogP contribution in [0.4, 0.5) is 11.6 Å². The van der Waals surface area contributed by atoms with Gasteiger partial charge >= 0.3 is 0 Å². The number of nitrogens with two attached hydrogens (primary N) is 2. The van der Waals surface area contributed by atoms with E-state index in [0.29, 0.717) is 39.3 Å². The van der Waals surface area contributed by atoms with E-state index in [2.05, 4.69) is 60.9 Å². The summed E-state index contributed by atoms with van der Waals surface area (Å²) in [5, 5.41) is 0.554. The lowest BCUT2D eigenvalue weighted by Crippen LogP contribution is -2.39. The van der Waals surface area contributed by atoms with Gasteiger partial charge in [-0.2, -0.15) is 0 Å². The van der Waals surface area contributed by atoms with Crippen molar-refractivity contribution >= 4 is 29.1 Å². The third kappa shape index (κ3) is 5.85. The van der Waals surface area contributed by atoms with Crippen molar-refractivity contribution < 1.29 is 4.79 Å². The van der Waals surface area contributed by atoms with Crippen LogP contribution in [-0.4, -0.2) is 58.0 Å². The largest absolute Gasteiger partial charge is 0.368 e. The van der Waals surface area contributed by atoms with Gasteiger partial charge in [0.1, 0.15) is 5.69 Å². The monoisotopic (exact) mass is 579 g/mol. The van der Waals surface area contributed by atoms with E-state index in [1.54, 1.807) is 24.4 Å². The Morgan fingerprint density at radius 1 is 1.07 bits per heavy atom. The smallest absolute Gasteiger partial charge is 0.250 e. The van der Waals surface area contributed by atoms with Gasteiger partial charge in [0.05, 0.1) is 22.5 Å². The molecule has 2 aromatic carbocycles. The Labute approximate surface area is 251 Å². The number of anilines is 2. The quantitative estimate of drug-likeness (QED) is 0.269. The molecule has 2 saturated heterocycles. The predicted octanol–water partition coefficient (Wildman–Crippen LogP) is 5.25. The lowest BCUT2D eigenvalue weighted by atomic mass is 10.0. The van der Waals surface area contributed by atoms with Crippen molar-refractivity contribution in [1.82, 2.24) is 19.9 Å². The fraction of sp³-hybridized carbons (Fsp3) is 0.303. The molecule has 6 rings (SSSR count). The summed E-state index contributed by atoms with van der Waals surface area (Å²) < 4.78 is 0. The summed E-state index contributed by atoms with van der Waals surface area (Å²) in [4.78, 5) is 29.5. The number of likely N-dealkylation sites (tertiary alicyclic amines) is 1. The molecule has 8 nitrogen and oxygen atoms in total. The van der Waals surface area contributed by atoms with Crippen LogP contribution in [0.1, 0.15) is 52.7 Å². The van der Waals surface area contributed by atoms with Crippen molar-refractivity contribution in [3.8, 4) is 34.5 Å². The van der Waals surface area contributed by atoms with Crippen LogP contribution in [0.15, 0.2) is 54.7 Å². The van der Waals surface area contributed by atoms with Gasteiger partial charge in [-0.1, -0.05) is 29.5 Å². The molecule has 1 amide bonds. The van der Waals surface area contributed by atoms with E-state index in [1.165, 1.54) is 44.5 Å². The Kier molecular flexibility index (Phi) is 7.88. The molecule has 0 bridgehead atoms. The molecule has 2 fully saturated rings. The maximum atomic E-state index is 12.4. The molecule has 42 heavy (non-hydrogen) atoms. The molecule has 4 aromatic rings. The summed E-state index contributed by atoms with van der Waals surface area (Å²) in [7, 11) is 0. The van der Waals surface area contributed by atoms with Crippen LogP contribution in [-0.2, 0) is 0 Å². The maximum Gasteiger partial charge on any atom is 0.250 e. The molecule has 4 heterocycles. The molecule has 9 heteroatoms. The van der Waals surface area contributed by atoms with Crippen LogP contribution in [0.3, 0.4) is 0 Å². The first kappa shape index (κ1) is 27.8. The third-order valence-corrected chi connectivity index (χ3v) is 8.43. The zero-order chi connectivity index (χ0) is 29.2. The highest BCUT2D eigenvalue weighted by atomic mass is 35.5. The number of nitrogens with zero attached hydrogens (tertiary/aromatic N) is 4. The van der Waals surface area contributed by atoms with Crippen LogP contribution >= 0.6 is 11.6 Å². The topological polar surface area (TPSA) is 117 Å². The fourth-order valence-electron chi connectivity index (χ4n) is 6.05. The van der Waals surface area contributed by atoms with Crippen molar-refractivity contribution in [2.24, 2.45) is 5.73 Å². The minimum absolute atomic E-state index is 0.102. The van der Waals surface area contributed by atoms with E-state index in [0.717, 1.165) is 29.8 Å². The minimum Gasteiger partial charge on any atom is -0.368 e. The van der Waals surface area contributed by atoms with Gasteiger partial charge < -0.3 is 26.3 Å². The molecule has 0 aliphatic carbocycles. The molecule has 214 valence electrons. The number of rotatable bonds is 6. The summed E-state index contributed by atoms with van der Waals surface area (Å²) in [6, 6.07) is 16.2. The van der Waals surface area contributed by atoms with Crippen LogP contribution in [0.5, 0.6) is 0 Å². The number of aromatic amines is 1. The number of aryl methyl sites for hydroxylation is 1. The zero-order valence-electron chi connectivity index (χ0n) is 23.7. The molecule has 5 N–H and O–H groups in total. The van der Waals surface area contributed by atoms with E-state index >= 15 is 0 Å². The number of H-pyrrole nitrogens is 1. The van der Waals surface area contributed by atoms with Crippen molar-refractivity contribution in [3.63, 3.8) is 0 Å². The Balaban J connectivity index is 1.28. The SMILES string of the molecule is Cc1ccc(Cl)cc1-c1[nH]c(-c2nc(N)ncc2C#Cc2ccc(N3CCC[C@H]3CN3CCCC3)cc2)cc1C(N)=O. The van der Waals surface area contributed by atoms with E-state index in [4.69, 9.17) is 23.1 Å². The van der Waals surface area contributed by atoms with Crippen LogP contribution in [0.2, 0.25) is 5.02 Å². The highest BCUT2D eigenvalue weighted by Gasteiger charge is 2.27. The number of nitrogens with one attached hydrogen (secondary N) is 1. The lowest BCUT2D eigenvalue weighted by molar-refractivity contribution is 0.100. The van der Waals surface area contributed by atoms with Crippen LogP contribution in [0, 0.1) is 18.8 Å². The van der Waals surface area contributed by atoms with Gasteiger partial charge in [-0.25, -0.2) is 9.97 Å². The van der Waals surface area contributed by atoms with Gasteiger partial charge in [0.2, 0.25) is 5.95 Å². The number of amides is 1. The van der Waals surface area contributed by atoms with Gasteiger partial charge in [-0.05, 0) is 93.7 Å². The summed E-state index contributed by atoms with van der Waals surface area (Å²) >= 11 is 6.27. The number of nitrogen functional groups attached to an aromatic ring is 1. The number of primary amides is 1. The Morgan fingerprint density at radius 2 is 1.86 bits per heavy atom. The van der Waals surface area contributed by atoms with Gasteiger partial charge in [0.25, 0.3) is 5.91 Å². The molecule has 0 radical (unpaired) electrons. The van der Waals surface area contributed by atoms with Crippen molar-refractivity contribution in [2.45, 2.75) is 38.6 Å². The number of halogens is 1. The molecule has 0 saturated carbocycles. The predicted molar refractivity (Wildman–Crippen MR) is 168 cm³/mol. The minimum atomic E-state index is -0.567.